The molecule has 1 aromatic rings. The summed E-state index contributed by atoms with van der Waals surface area (Å²) in [6, 6.07) is 0. The Labute approximate surface area is 133 Å². The average Bonchev–Trinajstić information content (AvgIpc) is 2.44. The highest BCUT2D eigenvalue weighted by Crippen LogP contribution is 2.33. The van der Waals surface area contributed by atoms with Crippen molar-refractivity contribution >= 4 is 11.8 Å². The Hall–Kier alpha value is -1.99. The van der Waals surface area contributed by atoms with Crippen LogP contribution in [0.3, 0.4) is 0 Å². The molecule has 2 heterocycles. The molecule has 0 bridgehead atoms. The Morgan fingerprint density at radius 3 is 2.52 bits per heavy atom. The van der Waals surface area contributed by atoms with Crippen LogP contribution in [0.2, 0.25) is 0 Å². The molecular weight excluding hydrogens is 308 g/mol. The number of anilines is 1. The van der Waals surface area contributed by atoms with Crippen LogP contribution in [0.15, 0.2) is 6.20 Å². The molecule has 1 aromatic heterocycles. The molecule has 0 spiro atoms. The fraction of sp³-hybridized carbons (Fsp3) is 0.667. The Kier molecular flexibility index (Phi) is 4.72. The first kappa shape index (κ1) is 17.4. The van der Waals surface area contributed by atoms with E-state index in [0.29, 0.717) is 12.4 Å². The Morgan fingerprint density at radius 2 is 2.00 bits per heavy atom. The summed E-state index contributed by atoms with van der Waals surface area (Å²) in [6.07, 6.45) is 0.580. The van der Waals surface area contributed by atoms with Crippen molar-refractivity contribution in [2.75, 3.05) is 24.6 Å². The van der Waals surface area contributed by atoms with Gasteiger partial charge in [0.1, 0.15) is 0 Å². The molecule has 8 heteroatoms. The third-order valence-corrected chi connectivity index (χ3v) is 3.38. The number of hydrogen-bond donors (Lipinski definition) is 1. The lowest BCUT2D eigenvalue weighted by Crippen LogP contribution is -2.40. The predicted octanol–water partition coefficient (Wildman–Crippen LogP) is 2.84. The summed E-state index contributed by atoms with van der Waals surface area (Å²) in [4.78, 5) is 20.8. The zero-order valence-electron chi connectivity index (χ0n) is 13.5. The molecule has 0 unspecified atom stereocenters. The third-order valence-electron chi connectivity index (χ3n) is 3.38. The molecule has 2 rings (SSSR count). The fourth-order valence-corrected chi connectivity index (χ4v) is 2.11. The monoisotopic (exact) mass is 329 g/mol. The average molecular weight is 329 g/mol. The first-order valence-electron chi connectivity index (χ1n) is 7.43. The molecule has 23 heavy (non-hydrogen) atoms. The summed E-state index contributed by atoms with van der Waals surface area (Å²) < 4.78 is 32.2. The third kappa shape index (κ3) is 4.74. The second-order valence-electron chi connectivity index (χ2n) is 6.88. The van der Waals surface area contributed by atoms with Gasteiger partial charge in [0.15, 0.2) is 11.5 Å². The number of carboxylic acid groups (broad SMARTS) is 1. The van der Waals surface area contributed by atoms with Gasteiger partial charge in [-0.1, -0.05) is 20.8 Å². The lowest BCUT2D eigenvalue weighted by molar-refractivity contribution is -0.0222. The molecule has 1 aliphatic rings. The van der Waals surface area contributed by atoms with Crippen LogP contribution in [0.1, 0.15) is 44.1 Å². The van der Waals surface area contributed by atoms with E-state index in [1.807, 2.05) is 20.8 Å². The molecule has 0 atom stereocenters. The van der Waals surface area contributed by atoms with Crippen LogP contribution in [0.5, 0.6) is 5.88 Å². The SMILES string of the molecule is CC(C)(C)COc1nc(C(=O)O)cnc1N1CCC(F)(F)CC1. The van der Waals surface area contributed by atoms with Crippen molar-refractivity contribution in [2.45, 2.75) is 39.5 Å². The molecule has 0 amide bonds. The van der Waals surface area contributed by atoms with Gasteiger partial charge in [-0.2, -0.15) is 0 Å². The highest BCUT2D eigenvalue weighted by Gasteiger charge is 2.35. The lowest BCUT2D eigenvalue weighted by Gasteiger charge is -2.33. The van der Waals surface area contributed by atoms with Crippen LogP contribution in [0, 0.1) is 5.41 Å². The van der Waals surface area contributed by atoms with Crippen LogP contribution < -0.4 is 9.64 Å². The number of aromatic carboxylic acids is 1. The standard InChI is InChI=1S/C15H21F2N3O3/c1-14(2,3)9-23-12-11(18-8-10(19-12)13(21)22)20-6-4-15(16,17)5-7-20/h8H,4-7,9H2,1-3H3,(H,21,22). The maximum atomic E-state index is 13.3. The topological polar surface area (TPSA) is 75.5 Å². The zero-order valence-corrected chi connectivity index (χ0v) is 13.5. The molecule has 1 fully saturated rings. The van der Waals surface area contributed by atoms with Crippen molar-refractivity contribution in [1.82, 2.24) is 9.97 Å². The molecule has 6 nitrogen and oxygen atoms in total. The van der Waals surface area contributed by atoms with Crippen LogP contribution >= 0.6 is 0 Å². The van der Waals surface area contributed by atoms with E-state index in [4.69, 9.17) is 9.84 Å². The minimum atomic E-state index is -2.67. The molecule has 0 saturated carbocycles. The van der Waals surface area contributed by atoms with Crippen molar-refractivity contribution in [3.05, 3.63) is 11.9 Å². The largest absolute Gasteiger partial charge is 0.476 e. The van der Waals surface area contributed by atoms with Gasteiger partial charge in [0.25, 0.3) is 11.8 Å². The lowest BCUT2D eigenvalue weighted by atomic mass is 9.99. The van der Waals surface area contributed by atoms with E-state index >= 15 is 0 Å². The van der Waals surface area contributed by atoms with Gasteiger partial charge in [-0.3, -0.25) is 0 Å². The number of aromatic nitrogens is 2. The fourth-order valence-electron chi connectivity index (χ4n) is 2.11. The maximum Gasteiger partial charge on any atom is 0.356 e. The van der Waals surface area contributed by atoms with Gasteiger partial charge < -0.3 is 14.7 Å². The van der Waals surface area contributed by atoms with Crippen LogP contribution in [-0.2, 0) is 0 Å². The summed E-state index contributed by atoms with van der Waals surface area (Å²) in [7, 11) is 0. The molecular formula is C15H21F2N3O3. The number of carboxylic acids is 1. The van der Waals surface area contributed by atoms with Crippen molar-refractivity contribution in [3.63, 3.8) is 0 Å². The highest BCUT2D eigenvalue weighted by atomic mass is 19.3. The number of halogens is 2. The quantitative estimate of drug-likeness (QED) is 0.915. The van der Waals surface area contributed by atoms with Crippen LogP contribution in [0.4, 0.5) is 14.6 Å². The van der Waals surface area contributed by atoms with Gasteiger partial charge in [-0.25, -0.2) is 23.5 Å². The van der Waals surface area contributed by atoms with Gasteiger partial charge in [-0.05, 0) is 5.41 Å². The van der Waals surface area contributed by atoms with E-state index in [1.54, 1.807) is 4.90 Å². The second kappa shape index (κ2) is 6.25. The number of rotatable bonds is 4. The summed E-state index contributed by atoms with van der Waals surface area (Å²) >= 11 is 0. The summed E-state index contributed by atoms with van der Waals surface area (Å²) in [5.41, 5.74) is -0.396. The molecule has 1 aliphatic heterocycles. The first-order chi connectivity index (χ1) is 10.6. The summed E-state index contributed by atoms with van der Waals surface area (Å²) in [5.74, 6) is -3.49. The van der Waals surface area contributed by atoms with Gasteiger partial charge >= 0.3 is 5.97 Å². The zero-order chi connectivity index (χ0) is 17.3. The van der Waals surface area contributed by atoms with Gasteiger partial charge in [-0.15, -0.1) is 0 Å². The molecule has 1 N–H and O–H groups in total. The van der Waals surface area contributed by atoms with Crippen molar-refractivity contribution in [3.8, 4) is 5.88 Å². The minimum absolute atomic E-state index is 0.0741. The number of alkyl halides is 2. The first-order valence-corrected chi connectivity index (χ1v) is 7.43. The molecule has 0 aliphatic carbocycles. The van der Waals surface area contributed by atoms with Gasteiger partial charge in [0.2, 0.25) is 0 Å². The number of ether oxygens (including phenoxy) is 1. The Morgan fingerprint density at radius 1 is 1.39 bits per heavy atom. The summed E-state index contributed by atoms with van der Waals surface area (Å²) in [6.45, 7) is 6.44. The van der Waals surface area contributed by atoms with Gasteiger partial charge in [0, 0.05) is 25.9 Å². The van der Waals surface area contributed by atoms with Gasteiger partial charge in [0.05, 0.1) is 12.8 Å². The smallest absolute Gasteiger partial charge is 0.356 e. The predicted molar refractivity (Wildman–Crippen MR) is 80.3 cm³/mol. The molecule has 1 saturated heterocycles. The Bertz CT molecular complexity index is 578. The van der Waals surface area contributed by atoms with Crippen LogP contribution in [0.25, 0.3) is 0 Å². The normalized spacial score (nSPS) is 17.9. The van der Waals surface area contributed by atoms with E-state index in [0.717, 1.165) is 6.20 Å². The summed E-state index contributed by atoms with van der Waals surface area (Å²) in [5, 5.41) is 9.04. The molecule has 0 radical (unpaired) electrons. The minimum Gasteiger partial charge on any atom is -0.476 e. The van der Waals surface area contributed by atoms with E-state index in [2.05, 4.69) is 9.97 Å². The highest BCUT2D eigenvalue weighted by molar-refractivity contribution is 5.85. The molecule has 0 aromatic carbocycles. The van der Waals surface area contributed by atoms with E-state index < -0.39 is 11.9 Å². The van der Waals surface area contributed by atoms with E-state index in [9.17, 15) is 13.6 Å². The van der Waals surface area contributed by atoms with E-state index in [-0.39, 0.29) is 42.9 Å². The van der Waals surface area contributed by atoms with Crippen molar-refractivity contribution in [1.29, 1.82) is 0 Å². The number of carbonyl (C=O) groups is 1. The molecule has 128 valence electrons. The van der Waals surface area contributed by atoms with E-state index in [1.165, 1.54) is 0 Å². The number of nitrogens with zero attached hydrogens (tertiary/aromatic N) is 3. The maximum absolute atomic E-state index is 13.3. The number of piperidine rings is 1. The number of hydrogen-bond acceptors (Lipinski definition) is 5. The second-order valence-corrected chi connectivity index (χ2v) is 6.88. The Balaban J connectivity index is 2.25. The van der Waals surface area contributed by atoms with Crippen LogP contribution in [-0.4, -0.2) is 46.7 Å². The van der Waals surface area contributed by atoms with Crippen molar-refractivity contribution in [2.24, 2.45) is 5.41 Å². The van der Waals surface area contributed by atoms with Crippen molar-refractivity contribution < 1.29 is 23.4 Å².